The number of ether oxygens (including phenoxy) is 1. The van der Waals surface area contributed by atoms with Crippen LogP contribution in [0, 0.1) is 5.92 Å². The Labute approximate surface area is 246 Å². The molecule has 1 N–H and O–H groups in total. The van der Waals surface area contributed by atoms with Crippen molar-refractivity contribution in [2.24, 2.45) is 5.92 Å². The van der Waals surface area contributed by atoms with Gasteiger partial charge in [-0.2, -0.15) is 0 Å². The Morgan fingerprint density at radius 3 is 2.17 bits per heavy atom. The second-order valence-corrected chi connectivity index (χ2v) is 12.6. The SMILES string of the molecule is CCCCN1C(=O)C(CC2CCCCC2)NC(=O)C12CCN(Cc1ccc(Oc3ccc(N(C)C)cc3)cc1)CC2. The quantitative estimate of drug-likeness (QED) is 0.388. The molecule has 2 amide bonds. The molecule has 2 aromatic rings. The van der Waals surface area contributed by atoms with E-state index >= 15 is 0 Å². The summed E-state index contributed by atoms with van der Waals surface area (Å²) in [5.74, 6) is 2.43. The molecule has 222 valence electrons. The molecule has 7 heteroatoms. The van der Waals surface area contributed by atoms with Gasteiger partial charge >= 0.3 is 0 Å². The fourth-order valence-corrected chi connectivity index (χ4v) is 6.88. The van der Waals surface area contributed by atoms with Crippen LogP contribution in [0.25, 0.3) is 0 Å². The third-order valence-corrected chi connectivity index (χ3v) is 9.44. The Morgan fingerprint density at radius 2 is 1.56 bits per heavy atom. The van der Waals surface area contributed by atoms with Gasteiger partial charge in [-0.1, -0.05) is 57.6 Å². The number of rotatable bonds is 10. The number of piperazine rings is 1. The van der Waals surface area contributed by atoms with Crippen molar-refractivity contribution in [2.45, 2.75) is 89.3 Å². The van der Waals surface area contributed by atoms with Crippen molar-refractivity contribution in [3.05, 3.63) is 54.1 Å². The van der Waals surface area contributed by atoms with Gasteiger partial charge in [0, 0.05) is 46.0 Å². The summed E-state index contributed by atoms with van der Waals surface area (Å²) in [6.07, 6.45) is 10.3. The lowest BCUT2D eigenvalue weighted by atomic mass is 9.79. The van der Waals surface area contributed by atoms with E-state index < -0.39 is 5.54 Å². The van der Waals surface area contributed by atoms with Crippen LogP contribution in [-0.4, -0.2) is 66.9 Å². The largest absolute Gasteiger partial charge is 0.457 e. The van der Waals surface area contributed by atoms with Gasteiger partial charge in [0.25, 0.3) is 0 Å². The third-order valence-electron chi connectivity index (χ3n) is 9.44. The Kier molecular flexibility index (Phi) is 9.53. The maximum Gasteiger partial charge on any atom is 0.246 e. The standard InChI is InChI=1S/C34H48N4O3/c1-4-5-21-38-32(39)31(24-26-9-7-6-8-10-26)35-33(40)34(38)19-22-37(23-20-34)25-27-11-15-29(16-12-27)41-30-17-13-28(14-18-30)36(2)3/h11-18,26,31H,4-10,19-25H2,1-3H3,(H,35,40). The van der Waals surface area contributed by atoms with Gasteiger partial charge in [0.2, 0.25) is 11.8 Å². The molecule has 41 heavy (non-hydrogen) atoms. The van der Waals surface area contributed by atoms with E-state index in [1.807, 2.05) is 55.4 Å². The molecule has 3 fully saturated rings. The highest BCUT2D eigenvalue weighted by atomic mass is 16.5. The number of unbranched alkanes of at least 4 members (excludes halogenated alkanes) is 1. The summed E-state index contributed by atoms with van der Waals surface area (Å²) < 4.78 is 6.04. The van der Waals surface area contributed by atoms with Gasteiger partial charge in [-0.25, -0.2) is 0 Å². The maximum atomic E-state index is 13.8. The zero-order valence-corrected chi connectivity index (χ0v) is 25.2. The van der Waals surface area contributed by atoms with E-state index in [4.69, 9.17) is 4.74 Å². The summed E-state index contributed by atoms with van der Waals surface area (Å²) in [4.78, 5) is 34.0. The molecular weight excluding hydrogens is 512 g/mol. The predicted octanol–water partition coefficient (Wildman–Crippen LogP) is 5.98. The Balaban J connectivity index is 1.18. The predicted molar refractivity (Wildman–Crippen MR) is 164 cm³/mol. The fraction of sp³-hybridized carbons (Fsp3) is 0.588. The molecule has 3 aliphatic rings. The highest BCUT2D eigenvalue weighted by molar-refractivity contribution is 6.00. The zero-order valence-electron chi connectivity index (χ0n) is 25.2. The highest BCUT2D eigenvalue weighted by Crippen LogP contribution is 2.36. The molecule has 2 heterocycles. The number of anilines is 1. The number of nitrogens with zero attached hydrogens (tertiary/aromatic N) is 3. The van der Waals surface area contributed by atoms with Crippen LogP contribution in [0.5, 0.6) is 11.5 Å². The highest BCUT2D eigenvalue weighted by Gasteiger charge is 2.53. The molecule has 7 nitrogen and oxygen atoms in total. The van der Waals surface area contributed by atoms with E-state index in [2.05, 4.69) is 34.2 Å². The van der Waals surface area contributed by atoms with Gasteiger partial charge in [-0.3, -0.25) is 14.5 Å². The third kappa shape index (κ3) is 6.88. The Bertz CT molecular complexity index is 1150. The van der Waals surface area contributed by atoms with E-state index in [0.717, 1.165) is 56.1 Å². The average Bonchev–Trinajstić information content (AvgIpc) is 2.99. The number of carbonyl (C=O) groups excluding carboxylic acids is 2. The van der Waals surface area contributed by atoms with E-state index in [0.29, 0.717) is 25.3 Å². The first-order chi connectivity index (χ1) is 19.9. The molecule has 1 unspecified atom stereocenters. The number of likely N-dealkylation sites (tertiary alicyclic amines) is 1. The van der Waals surface area contributed by atoms with E-state index in [1.54, 1.807) is 0 Å². The van der Waals surface area contributed by atoms with Crippen molar-refractivity contribution in [3.63, 3.8) is 0 Å². The molecule has 1 aliphatic carbocycles. The summed E-state index contributed by atoms with van der Waals surface area (Å²) in [6, 6.07) is 16.0. The van der Waals surface area contributed by atoms with Crippen molar-refractivity contribution in [3.8, 4) is 11.5 Å². The molecule has 1 atom stereocenters. The maximum absolute atomic E-state index is 13.8. The van der Waals surface area contributed by atoms with Crippen molar-refractivity contribution < 1.29 is 14.3 Å². The number of carbonyl (C=O) groups is 2. The number of hydrogen-bond donors (Lipinski definition) is 1. The van der Waals surface area contributed by atoms with Gasteiger partial charge in [0.05, 0.1) is 0 Å². The van der Waals surface area contributed by atoms with Gasteiger partial charge in [0.1, 0.15) is 23.1 Å². The summed E-state index contributed by atoms with van der Waals surface area (Å²) >= 11 is 0. The lowest BCUT2D eigenvalue weighted by molar-refractivity contribution is -0.162. The van der Waals surface area contributed by atoms with E-state index in [-0.39, 0.29) is 17.9 Å². The van der Waals surface area contributed by atoms with Crippen LogP contribution in [0.2, 0.25) is 0 Å². The van der Waals surface area contributed by atoms with Crippen molar-refractivity contribution in [1.82, 2.24) is 15.1 Å². The second kappa shape index (κ2) is 13.3. The lowest BCUT2D eigenvalue weighted by Gasteiger charge is -2.52. The summed E-state index contributed by atoms with van der Waals surface area (Å²) in [5.41, 5.74) is 1.65. The van der Waals surface area contributed by atoms with Crippen LogP contribution in [0.15, 0.2) is 48.5 Å². The summed E-state index contributed by atoms with van der Waals surface area (Å²) in [5, 5.41) is 3.21. The number of benzene rings is 2. The van der Waals surface area contributed by atoms with Crippen LogP contribution < -0.4 is 15.0 Å². The van der Waals surface area contributed by atoms with E-state index in [1.165, 1.54) is 37.7 Å². The van der Waals surface area contributed by atoms with Crippen molar-refractivity contribution >= 4 is 17.5 Å². The van der Waals surface area contributed by atoms with Gasteiger partial charge in [0.15, 0.2) is 0 Å². The monoisotopic (exact) mass is 560 g/mol. The topological polar surface area (TPSA) is 65.1 Å². The van der Waals surface area contributed by atoms with Crippen LogP contribution in [0.3, 0.4) is 0 Å². The van der Waals surface area contributed by atoms with Crippen LogP contribution in [-0.2, 0) is 16.1 Å². The van der Waals surface area contributed by atoms with Gasteiger partial charge in [-0.15, -0.1) is 0 Å². The molecule has 0 bridgehead atoms. The average molecular weight is 561 g/mol. The molecule has 2 aliphatic heterocycles. The Hall–Kier alpha value is -3.06. The first-order valence-corrected chi connectivity index (χ1v) is 15.8. The normalized spacial score (nSPS) is 21.6. The fourth-order valence-electron chi connectivity index (χ4n) is 6.88. The molecule has 5 rings (SSSR count). The minimum absolute atomic E-state index is 0.0776. The minimum Gasteiger partial charge on any atom is -0.457 e. The summed E-state index contributed by atoms with van der Waals surface area (Å²) in [6.45, 7) is 5.26. The van der Waals surface area contributed by atoms with E-state index in [9.17, 15) is 9.59 Å². The zero-order chi connectivity index (χ0) is 28.8. The van der Waals surface area contributed by atoms with Crippen LogP contribution in [0.1, 0.15) is 76.7 Å². The second-order valence-electron chi connectivity index (χ2n) is 12.6. The lowest BCUT2D eigenvalue weighted by Crippen LogP contribution is -2.73. The molecule has 0 radical (unpaired) electrons. The van der Waals surface area contributed by atoms with Crippen LogP contribution in [0.4, 0.5) is 5.69 Å². The smallest absolute Gasteiger partial charge is 0.246 e. The Morgan fingerprint density at radius 1 is 0.927 bits per heavy atom. The first kappa shape index (κ1) is 29.4. The molecule has 0 aromatic heterocycles. The molecular formula is C34H48N4O3. The van der Waals surface area contributed by atoms with Crippen LogP contribution >= 0.6 is 0 Å². The molecule has 1 spiro atoms. The molecule has 2 saturated heterocycles. The number of amides is 2. The van der Waals surface area contributed by atoms with Gasteiger partial charge in [-0.05, 0) is 73.6 Å². The van der Waals surface area contributed by atoms with Gasteiger partial charge < -0.3 is 19.9 Å². The summed E-state index contributed by atoms with van der Waals surface area (Å²) in [7, 11) is 4.05. The molecule has 1 saturated carbocycles. The minimum atomic E-state index is -0.703. The van der Waals surface area contributed by atoms with Crippen molar-refractivity contribution in [1.29, 1.82) is 0 Å². The molecule has 2 aromatic carbocycles. The number of piperidine rings is 1. The number of hydrogen-bond acceptors (Lipinski definition) is 5. The van der Waals surface area contributed by atoms with Crippen molar-refractivity contribution in [2.75, 3.05) is 38.6 Å². The number of nitrogens with one attached hydrogen (secondary N) is 1. The first-order valence-electron chi connectivity index (χ1n) is 15.8.